The number of alkyl halides is 2. The van der Waals surface area contributed by atoms with Gasteiger partial charge < -0.3 is 20.4 Å². The van der Waals surface area contributed by atoms with E-state index in [4.69, 9.17) is 5.10 Å². The molecule has 0 radical (unpaired) electrons. The van der Waals surface area contributed by atoms with Crippen LogP contribution in [-0.4, -0.2) is 102 Å². The summed E-state index contributed by atoms with van der Waals surface area (Å²) < 4.78 is 33.2. The van der Waals surface area contributed by atoms with Gasteiger partial charge in [-0.3, -0.25) is 48.9 Å². The lowest BCUT2D eigenvalue weighted by Crippen LogP contribution is -2.42. The molecule has 0 atom stereocenters. The van der Waals surface area contributed by atoms with Crippen molar-refractivity contribution < 1.29 is 32.9 Å². The van der Waals surface area contributed by atoms with Crippen LogP contribution in [0.15, 0.2) is 48.8 Å². The van der Waals surface area contributed by atoms with Gasteiger partial charge in [-0.1, -0.05) is 50.7 Å². The average Bonchev–Trinajstić information content (AvgIpc) is 4.08. The van der Waals surface area contributed by atoms with Crippen LogP contribution in [0.4, 0.5) is 36.1 Å². The van der Waals surface area contributed by atoms with Crippen LogP contribution >= 0.6 is 11.3 Å². The van der Waals surface area contributed by atoms with Crippen LogP contribution < -0.4 is 20.9 Å². The summed E-state index contributed by atoms with van der Waals surface area (Å²) in [6.45, 7) is 7.17. The summed E-state index contributed by atoms with van der Waals surface area (Å²) in [5.74, 6) is 0.0333. The molecule has 0 bridgehead atoms. The zero-order valence-corrected chi connectivity index (χ0v) is 42.1. The zero-order chi connectivity index (χ0) is 50.9. The van der Waals surface area contributed by atoms with Crippen LogP contribution in [0.5, 0.6) is 0 Å². The molecule has 384 valence electrons. The first-order valence-electron chi connectivity index (χ1n) is 25.1. The molecule has 0 unspecified atom stereocenters. The third kappa shape index (κ3) is 12.5. The Hall–Kier alpha value is -6.61. The number of rotatable bonds is 21. The fourth-order valence-electron chi connectivity index (χ4n) is 10.1. The Balaban J connectivity index is 0.735. The lowest BCUT2D eigenvalue weighted by atomic mass is 9.92. The second kappa shape index (κ2) is 23.7. The van der Waals surface area contributed by atoms with Crippen molar-refractivity contribution in [3.63, 3.8) is 0 Å². The van der Waals surface area contributed by atoms with E-state index in [1.807, 2.05) is 11.0 Å². The minimum Gasteiger partial charge on any atom is -0.355 e. The number of nitro groups is 1. The minimum absolute atomic E-state index is 0.00761. The number of carbonyl (C=O) groups is 4. The van der Waals surface area contributed by atoms with Gasteiger partial charge in [0.05, 0.1) is 41.5 Å². The topological polar surface area (TPSA) is 206 Å². The molecule has 72 heavy (non-hydrogen) atoms. The summed E-state index contributed by atoms with van der Waals surface area (Å²) >= 11 is 0.779. The van der Waals surface area contributed by atoms with Gasteiger partial charge in [-0.25, -0.2) is 13.8 Å². The Morgan fingerprint density at radius 1 is 0.931 bits per heavy atom. The maximum Gasteiger partial charge on any atom is 0.348 e. The van der Waals surface area contributed by atoms with Crippen LogP contribution in [0.2, 0.25) is 0 Å². The van der Waals surface area contributed by atoms with E-state index in [9.17, 15) is 38.1 Å². The van der Waals surface area contributed by atoms with Gasteiger partial charge >= 0.3 is 5.00 Å². The van der Waals surface area contributed by atoms with Gasteiger partial charge in [0.1, 0.15) is 5.69 Å². The number of unbranched alkanes of at least 4 members (excludes halogenated alkanes) is 7. The van der Waals surface area contributed by atoms with Crippen molar-refractivity contribution in [1.29, 1.82) is 0 Å². The highest BCUT2D eigenvalue weighted by Crippen LogP contribution is 2.44. The van der Waals surface area contributed by atoms with Crippen molar-refractivity contribution in [1.82, 2.24) is 39.7 Å². The summed E-state index contributed by atoms with van der Waals surface area (Å²) in [4.78, 5) is 72.1. The predicted molar refractivity (Wildman–Crippen MR) is 272 cm³/mol. The molecule has 6 heterocycles. The highest BCUT2D eigenvalue weighted by molar-refractivity contribution is 7.19. The number of hydrogen-bond donors (Lipinski definition) is 3. The molecule has 1 fully saturated rings. The number of anilines is 4. The van der Waals surface area contributed by atoms with Gasteiger partial charge in [0, 0.05) is 93.8 Å². The maximum atomic E-state index is 14.7. The highest BCUT2D eigenvalue weighted by atomic mass is 32.1. The van der Waals surface area contributed by atoms with E-state index in [-0.39, 0.29) is 50.7 Å². The van der Waals surface area contributed by atoms with Crippen LogP contribution in [0.25, 0.3) is 11.1 Å². The SMILES string of the molecule is CC(=O)N1CCc2c(c(N3CCCc4cc(-c5cnn(C)c5)c(C(F)F)cc43)nn2C2CCN(CC(=O)NCCCCCCCCCCC(=O)Nc3ccccc3C(=O)Nc3nc(C)c([N+](=O)[O-])s3)CC2)C1. The molecule has 3 aliphatic rings. The number of halogens is 2. The number of piperidine rings is 1. The molecule has 3 aromatic heterocycles. The Kier molecular flexibility index (Phi) is 17.1. The zero-order valence-electron chi connectivity index (χ0n) is 41.3. The molecule has 2 aromatic carbocycles. The standard InChI is InChI=1S/C51H64F2N12O6S/c1-33-50(65(70)71)72-51(56-33)58-49(69)38-16-11-12-17-42(38)57-45(67)18-10-8-6-4-5-7-9-13-22-54-46(68)32-61-24-19-37(20-25-61)64-43-21-26-62(34(2)66)31-41(43)48(59-64)63-23-14-15-35-27-39(36-29-55-60(3)30-36)40(47(52)53)28-44(35)63/h11-12,16-17,27-30,37,47H,4-10,13-15,18-26,31-32H2,1-3H3,(H,54,68)(H,57,67)(H,56,58,69). The summed E-state index contributed by atoms with van der Waals surface area (Å²) in [6, 6.07) is 10.2. The normalized spacial score (nSPS) is 15.1. The average molecular weight is 1010 g/mol. The predicted octanol–water partition coefficient (Wildman–Crippen LogP) is 9.04. The van der Waals surface area contributed by atoms with E-state index in [0.29, 0.717) is 62.4 Å². The molecule has 5 aromatic rings. The summed E-state index contributed by atoms with van der Waals surface area (Å²) in [5, 5.41) is 29.2. The Bertz CT molecular complexity index is 2770. The van der Waals surface area contributed by atoms with Crippen molar-refractivity contribution in [2.45, 2.75) is 123 Å². The smallest absolute Gasteiger partial charge is 0.348 e. The monoisotopic (exact) mass is 1010 g/mol. The number of para-hydroxylation sites is 1. The van der Waals surface area contributed by atoms with Crippen LogP contribution in [0.1, 0.15) is 135 Å². The molecule has 18 nitrogen and oxygen atoms in total. The number of nitrogens with zero attached hydrogens (tertiary/aromatic N) is 9. The Labute approximate surface area is 421 Å². The molecule has 3 aliphatic heterocycles. The van der Waals surface area contributed by atoms with Gasteiger partial charge in [0.15, 0.2) is 10.9 Å². The molecule has 0 saturated carbocycles. The molecule has 1 saturated heterocycles. The van der Waals surface area contributed by atoms with Gasteiger partial charge in [0.25, 0.3) is 12.3 Å². The second-order valence-corrected chi connectivity index (χ2v) is 20.0. The molecule has 4 amide bonds. The third-order valence-corrected chi connectivity index (χ3v) is 14.9. The number of nitrogens with one attached hydrogen (secondary N) is 3. The van der Waals surface area contributed by atoms with Crippen LogP contribution in [-0.2, 0) is 40.8 Å². The van der Waals surface area contributed by atoms with E-state index in [2.05, 4.69) is 40.5 Å². The Morgan fingerprint density at radius 3 is 2.36 bits per heavy atom. The maximum absolute atomic E-state index is 14.7. The number of amides is 4. The fourth-order valence-corrected chi connectivity index (χ4v) is 10.9. The molecular weight excluding hydrogens is 947 g/mol. The fraction of sp³-hybridized carbons (Fsp3) is 0.510. The molecule has 8 rings (SSSR count). The number of carbonyl (C=O) groups excluding carboxylic acids is 4. The quantitative estimate of drug-likeness (QED) is 0.0359. The van der Waals surface area contributed by atoms with Crippen molar-refractivity contribution in [2.75, 3.05) is 54.8 Å². The van der Waals surface area contributed by atoms with Gasteiger partial charge in [-0.2, -0.15) is 10.2 Å². The molecular formula is C51H64F2N12O6S. The first-order chi connectivity index (χ1) is 34.7. The number of thiazole rings is 1. The summed E-state index contributed by atoms with van der Waals surface area (Å²) in [6.07, 6.45) is 12.7. The van der Waals surface area contributed by atoms with E-state index in [1.165, 1.54) is 6.92 Å². The lowest BCUT2D eigenvalue weighted by molar-refractivity contribution is -0.380. The highest BCUT2D eigenvalue weighted by Gasteiger charge is 2.35. The van der Waals surface area contributed by atoms with Crippen molar-refractivity contribution in [3.8, 4) is 11.1 Å². The number of benzene rings is 2. The molecule has 0 spiro atoms. The van der Waals surface area contributed by atoms with E-state index < -0.39 is 17.3 Å². The number of hydrogen-bond acceptors (Lipinski definition) is 12. The van der Waals surface area contributed by atoms with Gasteiger partial charge in [-0.05, 0) is 92.2 Å². The van der Waals surface area contributed by atoms with Crippen molar-refractivity contribution in [2.24, 2.45) is 7.05 Å². The van der Waals surface area contributed by atoms with Crippen molar-refractivity contribution in [3.05, 3.63) is 92.5 Å². The summed E-state index contributed by atoms with van der Waals surface area (Å²) in [7, 11) is 1.77. The van der Waals surface area contributed by atoms with Crippen LogP contribution in [0.3, 0.4) is 0 Å². The minimum atomic E-state index is -2.68. The number of aromatic nitrogens is 5. The van der Waals surface area contributed by atoms with Crippen LogP contribution in [0, 0.1) is 17.0 Å². The van der Waals surface area contributed by atoms with E-state index in [1.54, 1.807) is 61.4 Å². The molecule has 0 aliphatic carbocycles. The lowest BCUT2D eigenvalue weighted by Gasteiger charge is -2.33. The summed E-state index contributed by atoms with van der Waals surface area (Å²) in [5.41, 5.74) is 5.72. The van der Waals surface area contributed by atoms with Crippen molar-refractivity contribution >= 4 is 62.3 Å². The first-order valence-corrected chi connectivity index (χ1v) is 25.9. The first kappa shape index (κ1) is 51.7. The van der Waals surface area contributed by atoms with E-state index in [0.717, 1.165) is 130 Å². The number of fused-ring (bicyclic) bond motifs is 2. The van der Waals surface area contributed by atoms with Gasteiger partial charge in [-0.15, -0.1) is 0 Å². The molecule has 21 heteroatoms. The number of likely N-dealkylation sites (tertiary alicyclic amines) is 1. The third-order valence-electron chi connectivity index (χ3n) is 13.9. The second-order valence-electron chi connectivity index (χ2n) is 19.1. The molecule has 3 N–H and O–H groups in total. The van der Waals surface area contributed by atoms with Gasteiger partial charge in [0.2, 0.25) is 17.7 Å². The largest absolute Gasteiger partial charge is 0.355 e. The van der Waals surface area contributed by atoms with E-state index >= 15 is 0 Å². The Morgan fingerprint density at radius 2 is 1.67 bits per heavy atom. The number of aryl methyl sites for hydroxylation is 3.